The minimum atomic E-state index is -0.150. The fourth-order valence-electron chi connectivity index (χ4n) is 2.96. The molecule has 29 heavy (non-hydrogen) atoms. The van der Waals surface area contributed by atoms with Gasteiger partial charge in [-0.2, -0.15) is 5.26 Å². The summed E-state index contributed by atoms with van der Waals surface area (Å²) in [5.74, 6) is 1.46. The molecule has 0 bridgehead atoms. The van der Waals surface area contributed by atoms with Crippen LogP contribution in [0.3, 0.4) is 0 Å². The third-order valence-electron chi connectivity index (χ3n) is 4.45. The molecule has 0 saturated carbocycles. The van der Waals surface area contributed by atoms with Crippen LogP contribution in [0.4, 0.5) is 0 Å². The molecule has 2 aromatic carbocycles. The molecule has 4 nitrogen and oxygen atoms in total. The van der Waals surface area contributed by atoms with E-state index in [9.17, 15) is 9.90 Å². The Bertz CT molecular complexity index is 892. The van der Waals surface area contributed by atoms with Gasteiger partial charge in [0.25, 0.3) is 0 Å². The predicted molar refractivity (Wildman–Crippen MR) is 118 cm³/mol. The normalized spacial score (nSPS) is 10.6. The molecule has 0 unspecified atom stereocenters. The van der Waals surface area contributed by atoms with Gasteiger partial charge in [-0.25, -0.2) is 0 Å². The van der Waals surface area contributed by atoms with E-state index in [4.69, 9.17) is 21.6 Å². The van der Waals surface area contributed by atoms with Gasteiger partial charge < -0.3 is 9.84 Å². The van der Waals surface area contributed by atoms with Crippen molar-refractivity contribution in [2.45, 2.75) is 50.8 Å². The van der Waals surface area contributed by atoms with Crippen LogP contribution in [0.15, 0.2) is 35.2 Å². The van der Waals surface area contributed by atoms with Crippen LogP contribution in [0.5, 0.6) is 11.5 Å². The Kier molecular flexibility index (Phi) is 9.37. The highest BCUT2D eigenvalue weighted by atomic mass is 35.5. The molecule has 0 amide bonds. The zero-order chi connectivity index (χ0) is 21.2. The summed E-state index contributed by atoms with van der Waals surface area (Å²) >= 11 is 7.97. The summed E-state index contributed by atoms with van der Waals surface area (Å²) in [5.41, 5.74) is 1.98. The van der Waals surface area contributed by atoms with Crippen molar-refractivity contribution in [3.63, 3.8) is 0 Å². The first kappa shape index (κ1) is 23.1. The van der Waals surface area contributed by atoms with Gasteiger partial charge in [0.05, 0.1) is 29.7 Å². The minimum Gasteiger partial charge on any atom is -0.507 e. The first-order chi connectivity index (χ1) is 14.0. The molecule has 0 aromatic heterocycles. The van der Waals surface area contributed by atoms with Gasteiger partial charge in [0.2, 0.25) is 0 Å². The van der Waals surface area contributed by atoms with Crippen LogP contribution < -0.4 is 4.74 Å². The number of nitrogens with zero attached hydrogens (tertiary/aromatic N) is 1. The van der Waals surface area contributed by atoms with Crippen molar-refractivity contribution in [2.24, 2.45) is 0 Å². The Morgan fingerprint density at radius 1 is 1.28 bits per heavy atom. The first-order valence-corrected chi connectivity index (χ1v) is 11.1. The van der Waals surface area contributed by atoms with Gasteiger partial charge >= 0.3 is 0 Å². The molecule has 0 aliphatic heterocycles. The molecule has 2 rings (SSSR count). The number of ketones is 1. The molecule has 2 aromatic rings. The Morgan fingerprint density at radius 2 is 2.07 bits per heavy atom. The van der Waals surface area contributed by atoms with Crippen LogP contribution in [-0.2, 0) is 12.8 Å². The van der Waals surface area contributed by atoms with Crippen LogP contribution in [0.1, 0.15) is 54.6 Å². The Balaban J connectivity index is 1.83. The van der Waals surface area contributed by atoms with Crippen molar-refractivity contribution in [1.82, 2.24) is 0 Å². The Morgan fingerprint density at radius 3 is 2.72 bits per heavy atom. The van der Waals surface area contributed by atoms with E-state index in [1.807, 2.05) is 25.1 Å². The van der Waals surface area contributed by atoms with Crippen LogP contribution in [0, 0.1) is 11.3 Å². The monoisotopic (exact) mass is 431 g/mol. The van der Waals surface area contributed by atoms with E-state index in [2.05, 4.69) is 6.07 Å². The molecule has 1 N–H and O–H groups in total. The number of phenols is 1. The third-order valence-corrected chi connectivity index (χ3v) is 6.04. The molecule has 154 valence electrons. The number of Topliss-reactive ketones (excluding diaryl/α,β-unsaturated/α-hetero) is 1. The number of hydrogen-bond acceptors (Lipinski definition) is 5. The molecule has 0 aliphatic rings. The molecular weight excluding hydrogens is 406 g/mol. The summed E-state index contributed by atoms with van der Waals surface area (Å²) in [6.07, 6.45) is 3.72. The number of halogens is 1. The zero-order valence-corrected chi connectivity index (χ0v) is 18.4. The molecule has 0 atom stereocenters. The summed E-state index contributed by atoms with van der Waals surface area (Å²) in [4.78, 5) is 12.6. The average Bonchev–Trinajstić information content (AvgIpc) is 2.68. The van der Waals surface area contributed by atoms with Crippen LogP contribution in [0.2, 0.25) is 5.02 Å². The lowest BCUT2D eigenvalue weighted by molar-refractivity contribution is 0.101. The number of phenolic OH excluding ortho intramolecular Hbond substituents is 1. The van der Waals surface area contributed by atoms with E-state index in [1.165, 1.54) is 6.92 Å². The van der Waals surface area contributed by atoms with E-state index >= 15 is 0 Å². The number of rotatable bonds is 11. The number of aromatic hydroxyl groups is 1. The topological polar surface area (TPSA) is 70.3 Å². The number of ether oxygens (including phenoxy) is 1. The van der Waals surface area contributed by atoms with E-state index in [1.54, 1.807) is 23.9 Å². The lowest BCUT2D eigenvalue weighted by Gasteiger charge is -2.14. The summed E-state index contributed by atoms with van der Waals surface area (Å²) < 4.78 is 5.89. The number of nitriles is 1. The van der Waals surface area contributed by atoms with Crippen molar-refractivity contribution >= 4 is 29.1 Å². The average molecular weight is 432 g/mol. The zero-order valence-electron chi connectivity index (χ0n) is 16.8. The van der Waals surface area contributed by atoms with Crippen LogP contribution in [-0.4, -0.2) is 23.2 Å². The summed E-state index contributed by atoms with van der Waals surface area (Å²) in [6, 6.07) is 11.3. The standard InChI is InChI=1S/C23H26ClNO3S/c1-3-6-19-21(9-8-18(16(2)26)23(19)27)28-13-4-5-14-29-22-10-7-17(11-12-25)15-20(22)24/h7-10,15,27H,3-6,11,13-14H2,1-2H3. The molecule has 0 spiro atoms. The summed E-state index contributed by atoms with van der Waals surface area (Å²) in [7, 11) is 0. The van der Waals surface area contributed by atoms with Gasteiger partial charge in [0.15, 0.2) is 5.78 Å². The number of carbonyl (C=O) groups is 1. The van der Waals surface area contributed by atoms with Crippen molar-refractivity contribution in [1.29, 1.82) is 5.26 Å². The second-order valence-electron chi connectivity index (χ2n) is 6.75. The minimum absolute atomic E-state index is 0.0434. The lowest BCUT2D eigenvalue weighted by Crippen LogP contribution is -2.03. The van der Waals surface area contributed by atoms with Crippen molar-refractivity contribution in [2.75, 3.05) is 12.4 Å². The largest absolute Gasteiger partial charge is 0.507 e. The lowest BCUT2D eigenvalue weighted by atomic mass is 10.0. The van der Waals surface area contributed by atoms with E-state index in [0.717, 1.165) is 35.5 Å². The van der Waals surface area contributed by atoms with Crippen molar-refractivity contribution < 1.29 is 14.6 Å². The highest BCUT2D eigenvalue weighted by molar-refractivity contribution is 7.99. The maximum Gasteiger partial charge on any atom is 0.163 e. The highest BCUT2D eigenvalue weighted by Gasteiger charge is 2.15. The molecule has 0 heterocycles. The number of hydrogen-bond donors (Lipinski definition) is 1. The first-order valence-electron chi connectivity index (χ1n) is 9.74. The predicted octanol–water partition coefficient (Wildman–Crippen LogP) is 6.22. The van der Waals surface area contributed by atoms with Crippen molar-refractivity contribution in [3.05, 3.63) is 52.0 Å². The van der Waals surface area contributed by atoms with Gasteiger partial charge in [-0.3, -0.25) is 4.79 Å². The maximum absolute atomic E-state index is 11.6. The van der Waals surface area contributed by atoms with Crippen LogP contribution in [0.25, 0.3) is 0 Å². The number of thioether (sulfide) groups is 1. The SMILES string of the molecule is CCCc1c(OCCCCSc2ccc(CC#N)cc2Cl)ccc(C(C)=O)c1O. The Hall–Kier alpha value is -2.16. The number of benzene rings is 2. The molecule has 0 fully saturated rings. The van der Waals surface area contributed by atoms with Gasteiger partial charge in [-0.05, 0) is 61.8 Å². The van der Waals surface area contributed by atoms with E-state index < -0.39 is 0 Å². The quantitative estimate of drug-likeness (QED) is 0.260. The second-order valence-corrected chi connectivity index (χ2v) is 8.29. The third kappa shape index (κ3) is 6.69. The van der Waals surface area contributed by atoms with Crippen molar-refractivity contribution in [3.8, 4) is 17.6 Å². The fourth-order valence-corrected chi connectivity index (χ4v) is 4.26. The maximum atomic E-state index is 11.6. The smallest absolute Gasteiger partial charge is 0.163 e. The number of unbranched alkanes of at least 4 members (excludes halogenated alkanes) is 1. The second kappa shape index (κ2) is 11.7. The Labute approximate surface area is 181 Å². The molecule has 6 heteroatoms. The van der Waals surface area contributed by atoms with E-state index in [0.29, 0.717) is 41.3 Å². The van der Waals surface area contributed by atoms with E-state index in [-0.39, 0.29) is 11.5 Å². The van der Waals surface area contributed by atoms with Gasteiger partial charge in [-0.15, -0.1) is 11.8 Å². The van der Waals surface area contributed by atoms with Gasteiger partial charge in [0.1, 0.15) is 11.5 Å². The molecule has 0 saturated heterocycles. The highest BCUT2D eigenvalue weighted by Crippen LogP contribution is 2.33. The van der Waals surface area contributed by atoms with Gasteiger partial charge in [-0.1, -0.05) is 31.0 Å². The molecular formula is C23H26ClNO3S. The number of carbonyl (C=O) groups excluding carboxylic acids is 1. The summed E-state index contributed by atoms with van der Waals surface area (Å²) in [6.45, 7) is 4.02. The van der Waals surface area contributed by atoms with Gasteiger partial charge in [0, 0.05) is 10.5 Å². The fraction of sp³-hybridized carbons (Fsp3) is 0.391. The molecule has 0 aliphatic carbocycles. The molecule has 0 radical (unpaired) electrons. The van der Waals surface area contributed by atoms with Crippen LogP contribution >= 0.6 is 23.4 Å². The summed E-state index contributed by atoms with van der Waals surface area (Å²) in [5, 5.41) is 19.8.